The van der Waals surface area contributed by atoms with Crippen LogP contribution < -0.4 is 10.6 Å². The van der Waals surface area contributed by atoms with E-state index in [-0.39, 0.29) is 5.41 Å². The highest BCUT2D eigenvalue weighted by molar-refractivity contribution is 8.00. The number of rotatable bonds is 5. The Bertz CT molecular complexity index is 489. The fraction of sp³-hybridized carbons (Fsp3) is 0.733. The third-order valence-corrected chi connectivity index (χ3v) is 5.29. The summed E-state index contributed by atoms with van der Waals surface area (Å²) in [6.45, 7) is 9.49. The third-order valence-electron chi connectivity index (χ3n) is 3.87. The summed E-state index contributed by atoms with van der Waals surface area (Å²) in [5, 5.41) is 6.72. The smallest absolute Gasteiger partial charge is 0.138 e. The molecule has 0 radical (unpaired) electrons. The zero-order valence-electron chi connectivity index (χ0n) is 13.4. The summed E-state index contributed by atoms with van der Waals surface area (Å²) in [7, 11) is 1.91. The van der Waals surface area contributed by atoms with Crippen LogP contribution in [0.25, 0.3) is 0 Å². The van der Waals surface area contributed by atoms with Crippen LogP contribution in [0, 0.1) is 6.92 Å². The van der Waals surface area contributed by atoms with Gasteiger partial charge in [-0.05, 0) is 26.0 Å². The quantitative estimate of drug-likeness (QED) is 0.871. The first kappa shape index (κ1) is 15.4. The summed E-state index contributed by atoms with van der Waals surface area (Å²) in [5.41, 5.74) is 1.05. The molecule has 0 atom stereocenters. The van der Waals surface area contributed by atoms with Crippen molar-refractivity contribution in [3.8, 4) is 0 Å². The summed E-state index contributed by atoms with van der Waals surface area (Å²) in [5.74, 6) is 2.76. The number of hydrogen-bond donors (Lipinski definition) is 2. The molecule has 1 fully saturated rings. The lowest BCUT2D eigenvalue weighted by Gasteiger charge is -2.22. The third kappa shape index (κ3) is 3.19. The molecule has 2 N–H and O–H groups in total. The van der Waals surface area contributed by atoms with Crippen molar-refractivity contribution in [1.82, 2.24) is 9.97 Å². The molecule has 0 aliphatic heterocycles. The molecule has 0 aromatic carbocycles. The molecule has 0 saturated heterocycles. The van der Waals surface area contributed by atoms with Crippen LogP contribution in [-0.2, 0) is 5.41 Å². The maximum absolute atomic E-state index is 4.75. The second-order valence-corrected chi connectivity index (χ2v) is 7.88. The van der Waals surface area contributed by atoms with Crippen LogP contribution >= 0.6 is 11.8 Å². The van der Waals surface area contributed by atoms with Crippen molar-refractivity contribution in [2.45, 2.75) is 50.7 Å². The first-order chi connectivity index (χ1) is 9.31. The molecule has 0 amide bonds. The van der Waals surface area contributed by atoms with E-state index in [1.54, 1.807) is 0 Å². The molecule has 0 spiro atoms. The topological polar surface area (TPSA) is 49.8 Å². The average molecular weight is 294 g/mol. The molecule has 1 aliphatic carbocycles. The van der Waals surface area contributed by atoms with Crippen molar-refractivity contribution in [3.05, 3.63) is 11.4 Å². The van der Waals surface area contributed by atoms with Crippen LogP contribution in [0.3, 0.4) is 0 Å². The van der Waals surface area contributed by atoms with Gasteiger partial charge in [0.1, 0.15) is 17.5 Å². The molecule has 112 valence electrons. The van der Waals surface area contributed by atoms with Gasteiger partial charge in [0.2, 0.25) is 0 Å². The van der Waals surface area contributed by atoms with Gasteiger partial charge in [-0.15, -0.1) is 0 Å². The minimum absolute atomic E-state index is 0.0491. The monoisotopic (exact) mass is 294 g/mol. The molecule has 0 bridgehead atoms. The maximum atomic E-state index is 4.75. The SMILES string of the molecule is CNc1nc(C(C)(C)C)nc(NCC2(SC)CC2)c1C. The summed E-state index contributed by atoms with van der Waals surface area (Å²) in [4.78, 5) is 9.38. The van der Waals surface area contributed by atoms with E-state index in [2.05, 4.69) is 49.6 Å². The molecule has 20 heavy (non-hydrogen) atoms. The Kier molecular flexibility index (Phi) is 4.19. The van der Waals surface area contributed by atoms with Crippen molar-refractivity contribution in [1.29, 1.82) is 0 Å². The van der Waals surface area contributed by atoms with Crippen LogP contribution in [-0.4, -0.2) is 34.6 Å². The van der Waals surface area contributed by atoms with E-state index >= 15 is 0 Å². The van der Waals surface area contributed by atoms with E-state index < -0.39 is 0 Å². The number of anilines is 2. The van der Waals surface area contributed by atoms with Gasteiger partial charge in [0.15, 0.2) is 0 Å². The van der Waals surface area contributed by atoms with Crippen molar-refractivity contribution in [2.24, 2.45) is 0 Å². The first-order valence-electron chi connectivity index (χ1n) is 7.17. The highest BCUT2D eigenvalue weighted by Crippen LogP contribution is 2.47. The zero-order valence-corrected chi connectivity index (χ0v) is 14.2. The van der Waals surface area contributed by atoms with Crippen LogP contribution in [0.1, 0.15) is 45.0 Å². The number of hydrogen-bond acceptors (Lipinski definition) is 5. The fourth-order valence-corrected chi connectivity index (χ4v) is 2.83. The molecular weight excluding hydrogens is 268 g/mol. The molecule has 1 aliphatic rings. The first-order valence-corrected chi connectivity index (χ1v) is 8.40. The Balaban J connectivity index is 2.26. The molecule has 4 nitrogen and oxygen atoms in total. The van der Waals surface area contributed by atoms with Gasteiger partial charge >= 0.3 is 0 Å². The van der Waals surface area contributed by atoms with Gasteiger partial charge < -0.3 is 10.6 Å². The van der Waals surface area contributed by atoms with Crippen molar-refractivity contribution in [2.75, 3.05) is 30.5 Å². The van der Waals surface area contributed by atoms with E-state index in [1.807, 2.05) is 18.8 Å². The second kappa shape index (κ2) is 5.43. The van der Waals surface area contributed by atoms with Gasteiger partial charge in [-0.3, -0.25) is 0 Å². The van der Waals surface area contributed by atoms with Gasteiger partial charge in [0.05, 0.1) is 0 Å². The molecule has 1 saturated carbocycles. The normalized spacial score (nSPS) is 16.9. The van der Waals surface area contributed by atoms with Crippen LogP contribution in [0.4, 0.5) is 11.6 Å². The number of nitrogens with one attached hydrogen (secondary N) is 2. The van der Waals surface area contributed by atoms with Crippen LogP contribution in [0.5, 0.6) is 0 Å². The van der Waals surface area contributed by atoms with E-state index in [0.717, 1.165) is 29.6 Å². The van der Waals surface area contributed by atoms with Gasteiger partial charge in [-0.2, -0.15) is 11.8 Å². The lowest BCUT2D eigenvalue weighted by molar-refractivity contribution is 0.546. The number of thioether (sulfide) groups is 1. The highest BCUT2D eigenvalue weighted by Gasteiger charge is 2.41. The standard InChI is InChI=1S/C15H26N4S/c1-10-11(16-5)18-13(14(2,3)4)19-12(10)17-9-15(20-6)7-8-15/h7-9H2,1-6H3,(H2,16,17,18,19). The second-order valence-electron chi connectivity index (χ2n) is 6.61. The highest BCUT2D eigenvalue weighted by atomic mass is 32.2. The average Bonchev–Trinajstić information content (AvgIpc) is 3.17. The Morgan fingerprint density at radius 3 is 2.25 bits per heavy atom. The van der Waals surface area contributed by atoms with Gasteiger partial charge in [-0.25, -0.2) is 9.97 Å². The van der Waals surface area contributed by atoms with E-state index in [4.69, 9.17) is 4.98 Å². The maximum Gasteiger partial charge on any atom is 0.138 e. The molecule has 5 heteroatoms. The minimum Gasteiger partial charge on any atom is -0.373 e. The summed E-state index contributed by atoms with van der Waals surface area (Å²) < 4.78 is 0.430. The van der Waals surface area contributed by atoms with Gasteiger partial charge in [0.25, 0.3) is 0 Å². The molecule has 2 rings (SSSR count). The summed E-state index contributed by atoms with van der Waals surface area (Å²) in [6, 6.07) is 0. The summed E-state index contributed by atoms with van der Waals surface area (Å²) >= 11 is 1.96. The van der Waals surface area contributed by atoms with Crippen molar-refractivity contribution in [3.63, 3.8) is 0 Å². The predicted molar refractivity (Wildman–Crippen MR) is 89.0 cm³/mol. The zero-order chi connectivity index (χ0) is 15.0. The van der Waals surface area contributed by atoms with Crippen LogP contribution in [0.15, 0.2) is 0 Å². The Morgan fingerprint density at radius 2 is 1.80 bits per heavy atom. The Morgan fingerprint density at radius 1 is 1.20 bits per heavy atom. The number of nitrogens with zero attached hydrogens (tertiary/aromatic N) is 2. The number of aromatic nitrogens is 2. The molecule has 1 aromatic rings. The molecular formula is C15H26N4S. The predicted octanol–water partition coefficient (Wildman–Crippen LogP) is 3.43. The lowest BCUT2D eigenvalue weighted by Crippen LogP contribution is -2.22. The largest absolute Gasteiger partial charge is 0.373 e. The van der Waals surface area contributed by atoms with Crippen molar-refractivity contribution >= 4 is 23.4 Å². The lowest BCUT2D eigenvalue weighted by atomic mass is 9.95. The van der Waals surface area contributed by atoms with E-state index in [0.29, 0.717) is 4.75 Å². The van der Waals surface area contributed by atoms with Gasteiger partial charge in [-0.1, -0.05) is 20.8 Å². The van der Waals surface area contributed by atoms with Crippen molar-refractivity contribution < 1.29 is 0 Å². The minimum atomic E-state index is -0.0491. The molecule has 1 heterocycles. The van der Waals surface area contributed by atoms with Crippen LogP contribution in [0.2, 0.25) is 0 Å². The fourth-order valence-electron chi connectivity index (χ4n) is 2.10. The van der Waals surface area contributed by atoms with E-state index in [9.17, 15) is 0 Å². The summed E-state index contributed by atoms with van der Waals surface area (Å²) in [6.07, 6.45) is 4.80. The molecule has 0 unspecified atom stereocenters. The van der Waals surface area contributed by atoms with Gasteiger partial charge in [0, 0.05) is 29.3 Å². The molecule has 1 aromatic heterocycles. The Labute approximate surface area is 126 Å². The van der Waals surface area contributed by atoms with E-state index in [1.165, 1.54) is 12.8 Å². The Hall–Kier alpha value is -0.970.